The largest absolute Gasteiger partial charge is 0.489 e. The van der Waals surface area contributed by atoms with Crippen molar-refractivity contribution >= 4 is 23.5 Å². The van der Waals surface area contributed by atoms with Crippen LogP contribution >= 0.6 is 0 Å². The summed E-state index contributed by atoms with van der Waals surface area (Å²) in [6, 6.07) is 3.65. The summed E-state index contributed by atoms with van der Waals surface area (Å²) in [5.74, 6) is 1.99. The maximum Gasteiger partial charge on any atom is 0.254 e. The van der Waals surface area contributed by atoms with E-state index in [1.165, 1.54) is 32.1 Å². The van der Waals surface area contributed by atoms with Crippen molar-refractivity contribution in [2.45, 2.75) is 52.4 Å². The fourth-order valence-corrected chi connectivity index (χ4v) is 3.98. The summed E-state index contributed by atoms with van der Waals surface area (Å²) in [6.45, 7) is 4.37. The Morgan fingerprint density at radius 1 is 1.27 bits per heavy atom. The Morgan fingerprint density at radius 2 is 2.07 bits per heavy atom. The van der Waals surface area contributed by atoms with Gasteiger partial charge >= 0.3 is 0 Å². The number of nitrogens with zero attached hydrogens (tertiary/aromatic N) is 5. The van der Waals surface area contributed by atoms with E-state index in [9.17, 15) is 4.79 Å². The molecule has 0 aliphatic heterocycles. The molecule has 9 heteroatoms. The van der Waals surface area contributed by atoms with Crippen LogP contribution in [0.4, 0.5) is 11.8 Å². The van der Waals surface area contributed by atoms with Gasteiger partial charge in [-0.05, 0) is 44.7 Å². The van der Waals surface area contributed by atoms with E-state index in [1.807, 2.05) is 26.0 Å². The van der Waals surface area contributed by atoms with Crippen LogP contribution < -0.4 is 15.8 Å². The molecule has 0 saturated heterocycles. The van der Waals surface area contributed by atoms with Crippen LogP contribution in [-0.4, -0.2) is 37.1 Å². The average molecular weight is 409 g/mol. The zero-order valence-electron chi connectivity index (χ0n) is 17.4. The Morgan fingerprint density at radius 3 is 2.87 bits per heavy atom. The number of fused-ring (bicyclic) bond motifs is 1. The van der Waals surface area contributed by atoms with Gasteiger partial charge < -0.3 is 15.8 Å². The van der Waals surface area contributed by atoms with Gasteiger partial charge in [0.05, 0.1) is 13.0 Å². The monoisotopic (exact) mass is 409 g/mol. The summed E-state index contributed by atoms with van der Waals surface area (Å²) in [7, 11) is 0. The molecule has 0 atom stereocenters. The SMILES string of the molecule is Cc1nc2nc(N)nn2c(C)c1CC(=O)Nc1ncccc1OCC1CCCCC1. The third-order valence-corrected chi connectivity index (χ3v) is 5.63. The maximum atomic E-state index is 12.8. The van der Waals surface area contributed by atoms with Crippen LogP contribution in [0.15, 0.2) is 18.3 Å². The highest BCUT2D eigenvalue weighted by atomic mass is 16.5. The number of ether oxygens (including phenoxy) is 1. The fourth-order valence-electron chi connectivity index (χ4n) is 3.98. The average Bonchev–Trinajstić information content (AvgIpc) is 3.11. The van der Waals surface area contributed by atoms with Gasteiger partial charge in [-0.3, -0.25) is 4.79 Å². The predicted octanol–water partition coefficient (Wildman–Crippen LogP) is 2.86. The quantitative estimate of drug-likeness (QED) is 0.642. The van der Waals surface area contributed by atoms with E-state index in [0.717, 1.165) is 17.0 Å². The number of amides is 1. The molecule has 3 heterocycles. The van der Waals surface area contributed by atoms with E-state index in [1.54, 1.807) is 10.7 Å². The van der Waals surface area contributed by atoms with Crippen LogP contribution in [0.3, 0.4) is 0 Å². The summed E-state index contributed by atoms with van der Waals surface area (Å²) in [6.07, 6.45) is 8.01. The highest BCUT2D eigenvalue weighted by molar-refractivity contribution is 5.92. The lowest BCUT2D eigenvalue weighted by molar-refractivity contribution is -0.115. The summed E-state index contributed by atoms with van der Waals surface area (Å²) >= 11 is 0. The molecule has 1 aliphatic carbocycles. The zero-order chi connectivity index (χ0) is 21.1. The van der Waals surface area contributed by atoms with Crippen molar-refractivity contribution in [3.63, 3.8) is 0 Å². The molecule has 4 rings (SSSR count). The topological polar surface area (TPSA) is 120 Å². The number of anilines is 2. The van der Waals surface area contributed by atoms with Crippen LogP contribution in [0.1, 0.15) is 49.1 Å². The van der Waals surface area contributed by atoms with E-state index in [-0.39, 0.29) is 18.3 Å². The number of nitrogens with two attached hydrogens (primary N) is 1. The highest BCUT2D eigenvalue weighted by Crippen LogP contribution is 2.27. The molecular weight excluding hydrogens is 382 g/mol. The number of aryl methyl sites for hydroxylation is 2. The third kappa shape index (κ3) is 4.34. The number of hydrogen-bond acceptors (Lipinski definition) is 7. The first-order valence-corrected chi connectivity index (χ1v) is 10.4. The Balaban J connectivity index is 1.46. The minimum atomic E-state index is -0.198. The molecule has 0 bridgehead atoms. The molecule has 0 unspecified atom stereocenters. The van der Waals surface area contributed by atoms with E-state index in [4.69, 9.17) is 10.5 Å². The zero-order valence-corrected chi connectivity index (χ0v) is 17.4. The van der Waals surface area contributed by atoms with Crippen LogP contribution in [-0.2, 0) is 11.2 Å². The summed E-state index contributed by atoms with van der Waals surface area (Å²) in [5, 5.41) is 7.03. The lowest BCUT2D eigenvalue weighted by Gasteiger charge is -2.22. The normalized spacial score (nSPS) is 14.7. The number of carbonyl (C=O) groups excluding carboxylic acids is 1. The molecule has 1 fully saturated rings. The molecule has 3 aromatic heterocycles. The lowest BCUT2D eigenvalue weighted by Crippen LogP contribution is -2.20. The fraction of sp³-hybridized carbons (Fsp3) is 0.476. The number of carbonyl (C=O) groups is 1. The van der Waals surface area contributed by atoms with Crippen molar-refractivity contribution in [1.29, 1.82) is 0 Å². The Hall–Kier alpha value is -3.23. The van der Waals surface area contributed by atoms with Crippen LogP contribution in [0, 0.1) is 19.8 Å². The molecule has 1 saturated carbocycles. The second kappa shape index (κ2) is 8.64. The summed E-state index contributed by atoms with van der Waals surface area (Å²) in [4.78, 5) is 25.6. The van der Waals surface area contributed by atoms with Crippen molar-refractivity contribution in [3.8, 4) is 5.75 Å². The van der Waals surface area contributed by atoms with Gasteiger partial charge in [0.15, 0.2) is 11.6 Å². The molecule has 3 N–H and O–H groups in total. The summed E-state index contributed by atoms with van der Waals surface area (Å²) < 4.78 is 7.57. The van der Waals surface area contributed by atoms with Gasteiger partial charge in [-0.25, -0.2) is 9.97 Å². The standard InChI is InChI=1S/C21H27N7O2/c1-13-16(14(2)28-21(24-13)26-20(22)27-28)11-18(29)25-19-17(9-6-10-23-19)30-12-15-7-4-3-5-8-15/h6,9-10,15H,3-5,7-8,11-12H2,1-2H3,(H2,22,27)(H,23,25,29). The number of hydrogen-bond donors (Lipinski definition) is 2. The highest BCUT2D eigenvalue weighted by Gasteiger charge is 2.18. The molecule has 0 aromatic carbocycles. The predicted molar refractivity (Wildman–Crippen MR) is 113 cm³/mol. The molecule has 1 aliphatic rings. The minimum absolute atomic E-state index is 0.138. The molecule has 158 valence electrons. The van der Waals surface area contributed by atoms with E-state index >= 15 is 0 Å². The minimum Gasteiger partial charge on any atom is -0.489 e. The number of rotatable bonds is 6. The number of nitrogen functional groups attached to an aromatic ring is 1. The summed E-state index contributed by atoms with van der Waals surface area (Å²) in [5.41, 5.74) is 7.96. The van der Waals surface area contributed by atoms with Crippen molar-refractivity contribution in [2.24, 2.45) is 5.92 Å². The van der Waals surface area contributed by atoms with Crippen molar-refractivity contribution in [2.75, 3.05) is 17.7 Å². The van der Waals surface area contributed by atoms with Gasteiger partial charge in [0, 0.05) is 23.1 Å². The number of pyridine rings is 1. The van der Waals surface area contributed by atoms with Gasteiger partial charge in [-0.15, -0.1) is 5.10 Å². The first-order chi connectivity index (χ1) is 14.5. The second-order valence-corrected chi connectivity index (χ2v) is 7.83. The van der Waals surface area contributed by atoms with Gasteiger partial charge in [0.2, 0.25) is 11.9 Å². The van der Waals surface area contributed by atoms with Gasteiger partial charge in [-0.2, -0.15) is 9.50 Å². The molecule has 9 nitrogen and oxygen atoms in total. The van der Waals surface area contributed by atoms with Crippen LogP contribution in [0.5, 0.6) is 5.75 Å². The second-order valence-electron chi connectivity index (χ2n) is 7.83. The first-order valence-electron chi connectivity index (χ1n) is 10.4. The van der Waals surface area contributed by atoms with Crippen molar-refractivity contribution < 1.29 is 9.53 Å². The smallest absolute Gasteiger partial charge is 0.254 e. The van der Waals surface area contributed by atoms with Crippen LogP contribution in [0.25, 0.3) is 5.78 Å². The number of nitrogens with one attached hydrogen (secondary N) is 1. The Kier molecular flexibility index (Phi) is 5.78. The first kappa shape index (κ1) is 20.1. The van der Waals surface area contributed by atoms with E-state index in [2.05, 4.69) is 25.4 Å². The van der Waals surface area contributed by atoms with Gasteiger partial charge in [-0.1, -0.05) is 19.3 Å². The Labute approximate surface area is 175 Å². The third-order valence-electron chi connectivity index (χ3n) is 5.63. The lowest BCUT2D eigenvalue weighted by atomic mass is 9.90. The molecule has 0 spiro atoms. The van der Waals surface area contributed by atoms with Crippen LogP contribution in [0.2, 0.25) is 0 Å². The van der Waals surface area contributed by atoms with E-state index < -0.39 is 0 Å². The van der Waals surface area contributed by atoms with E-state index in [0.29, 0.717) is 29.9 Å². The molecule has 1 amide bonds. The maximum absolute atomic E-state index is 12.8. The Bertz CT molecular complexity index is 1060. The van der Waals surface area contributed by atoms with Gasteiger partial charge in [0.1, 0.15) is 0 Å². The van der Waals surface area contributed by atoms with Gasteiger partial charge in [0.25, 0.3) is 5.78 Å². The molecular formula is C21H27N7O2. The molecule has 30 heavy (non-hydrogen) atoms. The molecule has 0 radical (unpaired) electrons. The van der Waals surface area contributed by atoms with Crippen molar-refractivity contribution in [1.82, 2.24) is 24.6 Å². The number of aromatic nitrogens is 5. The van der Waals surface area contributed by atoms with Crippen molar-refractivity contribution in [3.05, 3.63) is 35.3 Å². The molecule has 3 aromatic rings.